The number of aliphatic hydroxyl groups excluding tert-OH is 1. The minimum atomic E-state index is 0.184. The molecule has 0 saturated carbocycles. The van der Waals surface area contributed by atoms with Gasteiger partial charge < -0.3 is 14.7 Å². The van der Waals surface area contributed by atoms with E-state index < -0.39 is 0 Å². The summed E-state index contributed by atoms with van der Waals surface area (Å²) in [5.74, 6) is 0.185. The van der Waals surface area contributed by atoms with Crippen LogP contribution in [0.3, 0.4) is 0 Å². The maximum absolute atomic E-state index is 9.15. The third-order valence-corrected chi connectivity index (χ3v) is 3.80. The first-order chi connectivity index (χ1) is 8.22. The molecule has 1 heterocycles. The number of halogens is 1. The molecule has 0 spiro atoms. The van der Waals surface area contributed by atoms with Crippen LogP contribution in [0.25, 0.3) is 0 Å². The van der Waals surface area contributed by atoms with Gasteiger partial charge in [0.25, 0.3) is 0 Å². The molecular formula is C13H18BrNO2. The average molecular weight is 300 g/mol. The van der Waals surface area contributed by atoms with Crippen molar-refractivity contribution < 1.29 is 9.84 Å². The van der Waals surface area contributed by atoms with Crippen molar-refractivity contribution in [1.29, 1.82) is 0 Å². The molecule has 0 bridgehead atoms. The van der Waals surface area contributed by atoms with E-state index >= 15 is 0 Å². The van der Waals surface area contributed by atoms with Crippen LogP contribution in [0.5, 0.6) is 0 Å². The van der Waals surface area contributed by atoms with Gasteiger partial charge in [0.05, 0.1) is 18.9 Å². The zero-order valence-electron chi connectivity index (χ0n) is 10.0. The molecule has 1 fully saturated rings. The van der Waals surface area contributed by atoms with Gasteiger partial charge in [-0.2, -0.15) is 0 Å². The Morgan fingerprint density at radius 2 is 2.12 bits per heavy atom. The molecule has 4 heteroatoms. The van der Waals surface area contributed by atoms with Crippen LogP contribution in [0.4, 0.5) is 5.69 Å². The molecule has 1 aromatic rings. The van der Waals surface area contributed by atoms with E-state index in [-0.39, 0.29) is 12.5 Å². The molecule has 0 radical (unpaired) electrons. The Labute approximate surface area is 111 Å². The molecule has 94 valence electrons. The fraction of sp³-hybridized carbons (Fsp3) is 0.538. The number of benzene rings is 1. The van der Waals surface area contributed by atoms with Crippen molar-refractivity contribution in [3.63, 3.8) is 0 Å². The first kappa shape index (κ1) is 12.9. The maximum Gasteiger partial charge on any atom is 0.0642 e. The molecule has 0 amide bonds. The van der Waals surface area contributed by atoms with E-state index in [9.17, 15) is 0 Å². The third-order valence-electron chi connectivity index (χ3n) is 3.17. The number of morpholine rings is 1. The van der Waals surface area contributed by atoms with Gasteiger partial charge in [-0.1, -0.05) is 13.0 Å². The molecule has 0 aromatic heterocycles. The van der Waals surface area contributed by atoms with Gasteiger partial charge in [0, 0.05) is 30.1 Å². The number of hydrogen-bond acceptors (Lipinski definition) is 3. The Kier molecular flexibility index (Phi) is 4.42. The van der Waals surface area contributed by atoms with Crippen molar-refractivity contribution in [3.8, 4) is 0 Å². The normalized spacial score (nSPS) is 18.2. The van der Waals surface area contributed by atoms with Gasteiger partial charge in [-0.15, -0.1) is 0 Å². The van der Waals surface area contributed by atoms with Crippen molar-refractivity contribution in [2.45, 2.75) is 12.8 Å². The molecule has 17 heavy (non-hydrogen) atoms. The van der Waals surface area contributed by atoms with E-state index in [4.69, 9.17) is 9.84 Å². The van der Waals surface area contributed by atoms with E-state index in [0.717, 1.165) is 36.3 Å². The van der Waals surface area contributed by atoms with Crippen molar-refractivity contribution in [1.82, 2.24) is 0 Å². The molecule has 3 nitrogen and oxygen atoms in total. The highest BCUT2D eigenvalue weighted by molar-refractivity contribution is 9.10. The van der Waals surface area contributed by atoms with Crippen molar-refractivity contribution in [2.24, 2.45) is 0 Å². The summed E-state index contributed by atoms with van der Waals surface area (Å²) in [6, 6.07) is 6.32. The van der Waals surface area contributed by atoms with E-state index in [1.165, 1.54) is 5.69 Å². The summed E-state index contributed by atoms with van der Waals surface area (Å²) in [6.45, 7) is 5.67. The summed E-state index contributed by atoms with van der Waals surface area (Å²) in [5.41, 5.74) is 2.37. The number of aliphatic hydroxyl groups is 1. The average Bonchev–Trinajstić information content (AvgIpc) is 2.38. The first-order valence-corrected chi connectivity index (χ1v) is 6.74. The fourth-order valence-electron chi connectivity index (χ4n) is 2.00. The lowest BCUT2D eigenvalue weighted by Crippen LogP contribution is -2.36. The molecular weight excluding hydrogens is 282 g/mol. The summed E-state index contributed by atoms with van der Waals surface area (Å²) in [7, 11) is 0. The van der Waals surface area contributed by atoms with Crippen LogP contribution in [0.15, 0.2) is 22.7 Å². The van der Waals surface area contributed by atoms with Crippen LogP contribution >= 0.6 is 15.9 Å². The third kappa shape index (κ3) is 3.00. The number of anilines is 1. The number of ether oxygens (including phenoxy) is 1. The summed E-state index contributed by atoms with van der Waals surface area (Å²) in [5, 5.41) is 9.15. The smallest absolute Gasteiger partial charge is 0.0642 e. The summed E-state index contributed by atoms with van der Waals surface area (Å²) in [4.78, 5) is 2.32. The summed E-state index contributed by atoms with van der Waals surface area (Å²) < 4.78 is 6.45. The minimum Gasteiger partial charge on any atom is -0.396 e. The Balaban J connectivity index is 2.18. The Hall–Kier alpha value is -0.580. The number of nitrogens with zero attached hydrogens (tertiary/aromatic N) is 1. The molecule has 1 saturated heterocycles. The second-order valence-electron chi connectivity index (χ2n) is 4.39. The van der Waals surface area contributed by atoms with Gasteiger partial charge in [-0.3, -0.25) is 0 Å². The predicted molar refractivity (Wildman–Crippen MR) is 72.7 cm³/mol. The van der Waals surface area contributed by atoms with Crippen LogP contribution in [0.2, 0.25) is 0 Å². The quantitative estimate of drug-likeness (QED) is 0.930. The second kappa shape index (κ2) is 5.85. The van der Waals surface area contributed by atoms with Crippen LogP contribution in [0.1, 0.15) is 18.4 Å². The van der Waals surface area contributed by atoms with Crippen molar-refractivity contribution in [3.05, 3.63) is 28.2 Å². The standard InChI is InChI=1S/C13H18BrNO2/c1-10(9-16)11-2-3-13(12(14)8-11)15-4-6-17-7-5-15/h2-3,8,10,16H,4-7,9H2,1H3. The van der Waals surface area contributed by atoms with E-state index in [0.29, 0.717) is 0 Å². The van der Waals surface area contributed by atoms with Crippen LogP contribution < -0.4 is 4.90 Å². The molecule has 1 unspecified atom stereocenters. The SMILES string of the molecule is CC(CO)c1ccc(N2CCOCC2)c(Br)c1. The highest BCUT2D eigenvalue weighted by Gasteiger charge is 2.15. The molecule has 1 N–H and O–H groups in total. The van der Waals surface area contributed by atoms with E-state index in [1.54, 1.807) is 0 Å². The number of rotatable bonds is 3. The van der Waals surface area contributed by atoms with Gasteiger partial charge in [0.2, 0.25) is 0 Å². The Bertz CT molecular complexity index is 378. The van der Waals surface area contributed by atoms with Gasteiger partial charge in [0.1, 0.15) is 0 Å². The summed E-state index contributed by atoms with van der Waals surface area (Å²) >= 11 is 3.62. The lowest BCUT2D eigenvalue weighted by atomic mass is 10.0. The maximum atomic E-state index is 9.15. The summed E-state index contributed by atoms with van der Waals surface area (Å²) in [6.07, 6.45) is 0. The molecule has 1 aromatic carbocycles. The van der Waals surface area contributed by atoms with E-state index in [1.807, 2.05) is 6.92 Å². The first-order valence-electron chi connectivity index (χ1n) is 5.95. The van der Waals surface area contributed by atoms with Gasteiger partial charge in [-0.25, -0.2) is 0 Å². The van der Waals surface area contributed by atoms with E-state index in [2.05, 4.69) is 39.0 Å². The highest BCUT2D eigenvalue weighted by Crippen LogP contribution is 2.30. The van der Waals surface area contributed by atoms with Gasteiger partial charge >= 0.3 is 0 Å². The van der Waals surface area contributed by atoms with Crippen LogP contribution in [-0.4, -0.2) is 38.0 Å². The minimum absolute atomic E-state index is 0.184. The topological polar surface area (TPSA) is 32.7 Å². The number of hydrogen-bond donors (Lipinski definition) is 1. The van der Waals surface area contributed by atoms with Gasteiger partial charge in [-0.05, 0) is 33.6 Å². The fourth-order valence-corrected chi connectivity index (χ4v) is 2.64. The zero-order valence-corrected chi connectivity index (χ0v) is 11.6. The molecule has 0 aliphatic carbocycles. The lowest BCUT2D eigenvalue weighted by molar-refractivity contribution is 0.122. The molecule has 1 atom stereocenters. The highest BCUT2D eigenvalue weighted by atomic mass is 79.9. The second-order valence-corrected chi connectivity index (χ2v) is 5.25. The zero-order chi connectivity index (χ0) is 12.3. The lowest BCUT2D eigenvalue weighted by Gasteiger charge is -2.30. The monoisotopic (exact) mass is 299 g/mol. The van der Waals surface area contributed by atoms with Crippen LogP contribution in [0, 0.1) is 0 Å². The molecule has 2 rings (SSSR count). The van der Waals surface area contributed by atoms with Crippen molar-refractivity contribution in [2.75, 3.05) is 37.8 Å². The van der Waals surface area contributed by atoms with Gasteiger partial charge in [0.15, 0.2) is 0 Å². The largest absolute Gasteiger partial charge is 0.396 e. The van der Waals surface area contributed by atoms with Crippen molar-refractivity contribution >= 4 is 21.6 Å². The molecule has 1 aliphatic rings. The Morgan fingerprint density at radius 1 is 1.41 bits per heavy atom. The Morgan fingerprint density at radius 3 is 2.71 bits per heavy atom. The molecule has 1 aliphatic heterocycles. The van der Waals surface area contributed by atoms with Crippen LogP contribution in [-0.2, 0) is 4.74 Å². The predicted octanol–water partition coefficient (Wildman–Crippen LogP) is 2.38.